The number of halogens is 2. The van der Waals surface area contributed by atoms with Gasteiger partial charge in [-0.3, -0.25) is 9.78 Å². The number of nitrogens with zero attached hydrogens (tertiary/aromatic N) is 1. The summed E-state index contributed by atoms with van der Waals surface area (Å²) in [5.74, 6) is -0.928. The Bertz CT molecular complexity index is 1090. The summed E-state index contributed by atoms with van der Waals surface area (Å²) in [5.41, 5.74) is 1.83. The van der Waals surface area contributed by atoms with Crippen molar-refractivity contribution >= 4 is 23.5 Å². The van der Waals surface area contributed by atoms with Crippen LogP contribution in [0.3, 0.4) is 0 Å². The molecule has 6 nitrogen and oxygen atoms in total. The molecule has 0 aliphatic carbocycles. The Morgan fingerprint density at radius 3 is 2.58 bits per heavy atom. The van der Waals surface area contributed by atoms with Crippen LogP contribution in [0.2, 0.25) is 5.02 Å². The molecular formula is C23H20ClFN2O4. The molecule has 0 saturated heterocycles. The van der Waals surface area contributed by atoms with Crippen molar-refractivity contribution < 1.29 is 23.5 Å². The van der Waals surface area contributed by atoms with Crippen LogP contribution in [0, 0.1) is 5.82 Å². The maximum absolute atomic E-state index is 13.3. The second kappa shape index (κ2) is 10.0. The minimum absolute atomic E-state index is 0.0361. The van der Waals surface area contributed by atoms with E-state index >= 15 is 0 Å². The fraction of sp³-hybridized carbons (Fsp3) is 0.174. The van der Waals surface area contributed by atoms with Crippen LogP contribution in [0.15, 0.2) is 60.8 Å². The van der Waals surface area contributed by atoms with E-state index in [1.807, 2.05) is 6.92 Å². The Labute approximate surface area is 184 Å². The summed E-state index contributed by atoms with van der Waals surface area (Å²) in [6.07, 6.45) is 1.41. The van der Waals surface area contributed by atoms with Crippen LogP contribution in [0.5, 0.6) is 5.75 Å². The molecule has 0 unspecified atom stereocenters. The van der Waals surface area contributed by atoms with Gasteiger partial charge in [0.1, 0.15) is 18.2 Å². The number of pyridine rings is 1. The minimum atomic E-state index is -0.434. The number of hydrogen-bond donors (Lipinski definition) is 1. The number of benzene rings is 2. The first-order valence-corrected chi connectivity index (χ1v) is 9.77. The minimum Gasteiger partial charge on any atom is -0.487 e. The molecule has 3 aromatic rings. The summed E-state index contributed by atoms with van der Waals surface area (Å²) >= 11 is 6.04. The van der Waals surface area contributed by atoms with Gasteiger partial charge in [-0.2, -0.15) is 0 Å². The molecule has 1 amide bonds. The van der Waals surface area contributed by atoms with E-state index in [-0.39, 0.29) is 18.2 Å². The van der Waals surface area contributed by atoms with Crippen LogP contribution in [-0.2, 0) is 11.3 Å². The highest BCUT2D eigenvalue weighted by Crippen LogP contribution is 2.20. The van der Waals surface area contributed by atoms with Gasteiger partial charge in [0.2, 0.25) is 0 Å². The number of esters is 1. The van der Waals surface area contributed by atoms with E-state index in [2.05, 4.69) is 15.0 Å². The number of ether oxygens (including phenoxy) is 2. The average molecular weight is 443 g/mol. The van der Waals surface area contributed by atoms with E-state index in [4.69, 9.17) is 16.3 Å². The third kappa shape index (κ3) is 5.79. The Balaban J connectivity index is 1.73. The number of aromatic nitrogens is 1. The number of carbonyl (C=O) groups is 2. The molecule has 0 radical (unpaired) electrons. The van der Waals surface area contributed by atoms with Gasteiger partial charge in [-0.15, -0.1) is 0 Å². The number of amides is 1. The van der Waals surface area contributed by atoms with Crippen LogP contribution < -0.4 is 10.1 Å². The Morgan fingerprint density at radius 1 is 1.16 bits per heavy atom. The van der Waals surface area contributed by atoms with Crippen molar-refractivity contribution in [3.63, 3.8) is 0 Å². The molecule has 8 heteroatoms. The molecule has 0 saturated carbocycles. The topological polar surface area (TPSA) is 77.5 Å². The van der Waals surface area contributed by atoms with E-state index in [1.165, 1.54) is 37.6 Å². The third-order valence-electron chi connectivity index (χ3n) is 4.53. The molecular weight excluding hydrogens is 423 g/mol. The van der Waals surface area contributed by atoms with E-state index in [9.17, 15) is 14.0 Å². The van der Waals surface area contributed by atoms with E-state index in [0.717, 1.165) is 5.56 Å². The van der Waals surface area contributed by atoms with E-state index in [1.54, 1.807) is 30.3 Å². The summed E-state index contributed by atoms with van der Waals surface area (Å²) in [7, 11) is 1.31. The van der Waals surface area contributed by atoms with Crippen molar-refractivity contribution in [2.24, 2.45) is 0 Å². The monoisotopic (exact) mass is 442 g/mol. The zero-order valence-corrected chi connectivity index (χ0v) is 17.7. The van der Waals surface area contributed by atoms with Crippen LogP contribution in [0.4, 0.5) is 4.39 Å². The van der Waals surface area contributed by atoms with Crippen LogP contribution in [0.25, 0.3) is 0 Å². The highest BCUT2D eigenvalue weighted by Gasteiger charge is 2.18. The SMILES string of the molecule is COC(=O)c1ccc([C@H](C)NC(=O)c2cc(Cl)cnc2COc2cccc(F)c2)cc1. The van der Waals surface area contributed by atoms with E-state index < -0.39 is 17.7 Å². The first kappa shape index (κ1) is 22.2. The molecule has 1 heterocycles. The number of rotatable bonds is 7. The second-order valence-corrected chi connectivity index (χ2v) is 7.14. The highest BCUT2D eigenvalue weighted by atomic mass is 35.5. The number of methoxy groups -OCH3 is 1. The van der Waals surface area contributed by atoms with Crippen molar-refractivity contribution in [2.45, 2.75) is 19.6 Å². The highest BCUT2D eigenvalue weighted by molar-refractivity contribution is 6.30. The van der Waals surface area contributed by atoms with Crippen molar-refractivity contribution in [1.29, 1.82) is 0 Å². The van der Waals surface area contributed by atoms with E-state index in [0.29, 0.717) is 22.0 Å². The molecule has 1 atom stereocenters. The Morgan fingerprint density at radius 2 is 1.90 bits per heavy atom. The predicted octanol–water partition coefficient (Wildman–Crippen LogP) is 4.73. The lowest BCUT2D eigenvalue weighted by Crippen LogP contribution is -2.28. The maximum Gasteiger partial charge on any atom is 0.337 e. The number of nitrogens with one attached hydrogen (secondary N) is 1. The van der Waals surface area contributed by atoms with Gasteiger partial charge in [0, 0.05) is 12.3 Å². The average Bonchev–Trinajstić information content (AvgIpc) is 2.77. The van der Waals surface area contributed by atoms with Crippen molar-refractivity contribution in [2.75, 3.05) is 7.11 Å². The summed E-state index contributed by atoms with van der Waals surface area (Å²) in [4.78, 5) is 28.6. The van der Waals surface area contributed by atoms with Crippen molar-refractivity contribution in [3.05, 3.63) is 94.0 Å². The summed E-state index contributed by atoms with van der Waals surface area (Å²) in [6.45, 7) is 1.78. The standard InChI is InChI=1S/C23H20ClFN2O4/c1-14(15-6-8-16(9-7-15)23(29)30-2)27-22(28)20-10-17(24)12-26-21(20)13-31-19-5-3-4-18(25)11-19/h3-12,14H,13H2,1-2H3,(H,27,28)/t14-/m0/s1. The molecule has 3 rings (SSSR count). The normalized spacial score (nSPS) is 11.5. The Kier molecular flexibility index (Phi) is 7.20. The van der Waals surface area contributed by atoms with Gasteiger partial charge in [0.25, 0.3) is 5.91 Å². The molecule has 0 aliphatic rings. The molecule has 1 aromatic heterocycles. The third-order valence-corrected chi connectivity index (χ3v) is 4.74. The quantitative estimate of drug-likeness (QED) is 0.535. The molecule has 2 aromatic carbocycles. The lowest BCUT2D eigenvalue weighted by molar-refractivity contribution is 0.0600. The second-order valence-electron chi connectivity index (χ2n) is 6.70. The molecule has 0 bridgehead atoms. The molecule has 1 N–H and O–H groups in total. The fourth-order valence-electron chi connectivity index (χ4n) is 2.87. The smallest absolute Gasteiger partial charge is 0.337 e. The molecule has 0 spiro atoms. The van der Waals surface area contributed by atoms with Gasteiger partial charge in [-0.05, 0) is 42.8 Å². The van der Waals surface area contributed by atoms with Gasteiger partial charge in [0.15, 0.2) is 0 Å². The summed E-state index contributed by atoms with van der Waals surface area (Å²) < 4.78 is 23.6. The first-order valence-electron chi connectivity index (χ1n) is 9.39. The lowest BCUT2D eigenvalue weighted by Gasteiger charge is -2.16. The zero-order valence-electron chi connectivity index (χ0n) is 16.9. The van der Waals surface area contributed by atoms with Gasteiger partial charge in [-0.25, -0.2) is 9.18 Å². The first-order chi connectivity index (χ1) is 14.9. The van der Waals surface area contributed by atoms with Crippen LogP contribution >= 0.6 is 11.6 Å². The van der Waals surface area contributed by atoms with Gasteiger partial charge >= 0.3 is 5.97 Å². The number of carbonyl (C=O) groups excluding carboxylic acids is 2. The summed E-state index contributed by atoms with van der Waals surface area (Å²) in [6, 6.07) is 13.6. The van der Waals surface area contributed by atoms with Gasteiger partial charge < -0.3 is 14.8 Å². The maximum atomic E-state index is 13.3. The molecule has 160 valence electrons. The number of hydrogen-bond acceptors (Lipinski definition) is 5. The zero-order chi connectivity index (χ0) is 22.4. The van der Waals surface area contributed by atoms with Crippen LogP contribution in [0.1, 0.15) is 44.9 Å². The van der Waals surface area contributed by atoms with Crippen molar-refractivity contribution in [1.82, 2.24) is 10.3 Å². The molecule has 31 heavy (non-hydrogen) atoms. The van der Waals surface area contributed by atoms with Crippen LogP contribution in [-0.4, -0.2) is 24.0 Å². The largest absolute Gasteiger partial charge is 0.487 e. The molecule has 0 aliphatic heterocycles. The molecule has 0 fully saturated rings. The Hall–Kier alpha value is -3.45. The fourth-order valence-corrected chi connectivity index (χ4v) is 3.03. The lowest BCUT2D eigenvalue weighted by atomic mass is 10.1. The summed E-state index contributed by atoms with van der Waals surface area (Å²) in [5, 5.41) is 3.18. The predicted molar refractivity (Wildman–Crippen MR) is 114 cm³/mol. The van der Waals surface area contributed by atoms with Crippen molar-refractivity contribution in [3.8, 4) is 5.75 Å². The van der Waals surface area contributed by atoms with Gasteiger partial charge in [0.05, 0.1) is 35.0 Å². The van der Waals surface area contributed by atoms with Gasteiger partial charge in [-0.1, -0.05) is 29.8 Å².